The van der Waals surface area contributed by atoms with Gasteiger partial charge in [0.25, 0.3) is 0 Å². The number of carbonyl (C=O) groups is 2. The fourth-order valence-corrected chi connectivity index (χ4v) is 5.62. The Kier molecular flexibility index (Phi) is 6.65. The topological polar surface area (TPSA) is 72.0 Å². The Morgan fingerprint density at radius 3 is 2.64 bits per heavy atom. The molecule has 0 bridgehead atoms. The highest BCUT2D eigenvalue weighted by molar-refractivity contribution is 8.18. The van der Waals surface area contributed by atoms with E-state index in [2.05, 4.69) is 57.7 Å². The Labute approximate surface area is 198 Å². The van der Waals surface area contributed by atoms with Gasteiger partial charge in [-0.3, -0.25) is 9.59 Å². The number of Topliss-reactive ketones (excluding diaryl/α,β-unsaturated/α-hetero) is 1. The summed E-state index contributed by atoms with van der Waals surface area (Å²) in [5.41, 5.74) is 2.06. The van der Waals surface area contributed by atoms with Crippen LogP contribution in [0.5, 0.6) is 0 Å². The lowest BCUT2D eigenvalue weighted by Gasteiger charge is -2.29. The van der Waals surface area contributed by atoms with Gasteiger partial charge in [0.2, 0.25) is 5.12 Å². The van der Waals surface area contributed by atoms with Crippen molar-refractivity contribution >= 4 is 39.5 Å². The molecule has 5 nitrogen and oxygen atoms in total. The lowest BCUT2D eigenvalue weighted by atomic mass is 9.84. The van der Waals surface area contributed by atoms with E-state index in [1.165, 1.54) is 16.3 Å². The van der Waals surface area contributed by atoms with Crippen LogP contribution >= 0.6 is 11.8 Å². The van der Waals surface area contributed by atoms with Gasteiger partial charge in [0.05, 0.1) is 17.0 Å². The molecule has 2 heterocycles. The van der Waals surface area contributed by atoms with E-state index in [4.69, 9.17) is 0 Å². The average molecular weight is 458 g/mol. The first-order chi connectivity index (χ1) is 16.1. The van der Waals surface area contributed by atoms with Gasteiger partial charge in [-0.2, -0.15) is 0 Å². The number of hydrogen-bond acceptors (Lipinski definition) is 6. The second-order valence-electron chi connectivity index (χ2n) is 8.92. The van der Waals surface area contributed by atoms with Crippen molar-refractivity contribution in [3.63, 3.8) is 0 Å². The molecule has 5 rings (SSSR count). The zero-order valence-corrected chi connectivity index (χ0v) is 19.3. The molecule has 2 aromatic carbocycles. The summed E-state index contributed by atoms with van der Waals surface area (Å²) in [4.78, 5) is 32.9. The monoisotopic (exact) mass is 457 g/mol. The van der Waals surface area contributed by atoms with Gasteiger partial charge in [-0.05, 0) is 71.8 Å². The Morgan fingerprint density at radius 2 is 1.82 bits per heavy atom. The molecule has 6 heteroatoms. The van der Waals surface area contributed by atoms with E-state index in [0.717, 1.165) is 56.2 Å². The first kappa shape index (κ1) is 22.0. The fourth-order valence-electron chi connectivity index (χ4n) is 4.80. The van der Waals surface area contributed by atoms with Gasteiger partial charge < -0.3 is 5.32 Å². The molecule has 1 N–H and O–H groups in total. The van der Waals surface area contributed by atoms with Crippen molar-refractivity contribution in [1.29, 1.82) is 0 Å². The third-order valence-corrected chi connectivity index (χ3v) is 7.53. The molecule has 168 valence electrons. The molecule has 2 aliphatic rings. The number of nitrogens with one attached hydrogen (secondary N) is 1. The van der Waals surface area contributed by atoms with Crippen LogP contribution in [-0.2, 0) is 22.6 Å². The third kappa shape index (κ3) is 5.40. The third-order valence-electron chi connectivity index (χ3n) is 6.59. The maximum atomic E-state index is 11.9. The normalized spacial score (nSPS) is 22.4. The van der Waals surface area contributed by atoms with Gasteiger partial charge in [-0.15, -0.1) is 0 Å². The smallest absolute Gasteiger partial charge is 0.201 e. The minimum absolute atomic E-state index is 0.00772. The lowest BCUT2D eigenvalue weighted by molar-refractivity contribution is -0.119. The molecule has 2 fully saturated rings. The molecule has 0 atom stereocenters. The molecule has 0 spiro atoms. The molecular formula is C27H27N3O2S. The van der Waals surface area contributed by atoms with Crippen LogP contribution < -0.4 is 5.32 Å². The number of nitrogens with zero attached hydrogens (tertiary/aromatic N) is 2. The van der Waals surface area contributed by atoms with Gasteiger partial charge >= 0.3 is 0 Å². The number of thioether (sulfide) groups is 1. The largest absolute Gasteiger partial charge is 0.310 e. The van der Waals surface area contributed by atoms with Crippen LogP contribution in [-0.4, -0.2) is 26.9 Å². The van der Waals surface area contributed by atoms with E-state index in [0.29, 0.717) is 22.6 Å². The number of benzene rings is 2. The average Bonchev–Trinajstić information content (AvgIpc) is 3.15. The number of fused-ring (bicyclic) bond motifs is 1. The van der Waals surface area contributed by atoms with E-state index < -0.39 is 0 Å². The fraction of sp³-hybridized carbons (Fsp3) is 0.333. The summed E-state index contributed by atoms with van der Waals surface area (Å²) in [6.07, 6.45) is 8.95. The van der Waals surface area contributed by atoms with Gasteiger partial charge in [-0.1, -0.05) is 42.5 Å². The predicted molar refractivity (Wildman–Crippen MR) is 132 cm³/mol. The van der Waals surface area contributed by atoms with Gasteiger partial charge in [0.15, 0.2) is 5.78 Å². The van der Waals surface area contributed by atoms with Gasteiger partial charge in [-0.25, -0.2) is 9.97 Å². The summed E-state index contributed by atoms with van der Waals surface area (Å²) >= 11 is 1.02. The SMILES string of the molecule is O=C1CC(=O)/C(=C/c2ccnc(CC3CCC(NCc4cccc5ccccc45)CC3)n2)S1. The van der Waals surface area contributed by atoms with Crippen LogP contribution in [0.15, 0.2) is 59.6 Å². The molecule has 0 unspecified atom stereocenters. The predicted octanol–water partition coefficient (Wildman–Crippen LogP) is 5.09. The summed E-state index contributed by atoms with van der Waals surface area (Å²) in [7, 11) is 0. The number of rotatable bonds is 6. The van der Waals surface area contributed by atoms with E-state index >= 15 is 0 Å². The minimum Gasteiger partial charge on any atom is -0.310 e. The summed E-state index contributed by atoms with van der Waals surface area (Å²) < 4.78 is 0. The van der Waals surface area contributed by atoms with Crippen LogP contribution in [0.4, 0.5) is 0 Å². The molecule has 3 aromatic rings. The molecule has 0 amide bonds. The van der Waals surface area contributed by atoms with Crippen molar-refractivity contribution in [2.75, 3.05) is 0 Å². The Balaban J connectivity index is 1.14. The van der Waals surface area contributed by atoms with E-state index in [1.807, 2.05) is 0 Å². The highest BCUT2D eigenvalue weighted by Gasteiger charge is 2.26. The summed E-state index contributed by atoms with van der Waals surface area (Å²) in [5.74, 6) is 1.28. The van der Waals surface area contributed by atoms with Crippen molar-refractivity contribution in [3.05, 3.63) is 76.7 Å². The molecular weight excluding hydrogens is 430 g/mol. The van der Waals surface area contributed by atoms with E-state index in [1.54, 1.807) is 18.3 Å². The maximum Gasteiger partial charge on any atom is 0.201 e. The minimum atomic E-state index is -0.112. The molecule has 1 aliphatic carbocycles. The number of hydrogen-bond donors (Lipinski definition) is 1. The molecule has 1 saturated carbocycles. The summed E-state index contributed by atoms with van der Waals surface area (Å²) in [5, 5.41) is 6.30. The molecule has 1 saturated heterocycles. The first-order valence-electron chi connectivity index (χ1n) is 11.6. The van der Waals surface area contributed by atoms with Crippen LogP contribution in [0, 0.1) is 5.92 Å². The van der Waals surface area contributed by atoms with Crippen LogP contribution in [0.1, 0.15) is 49.2 Å². The Hall–Kier alpha value is -2.83. The Morgan fingerprint density at radius 1 is 1.00 bits per heavy atom. The second-order valence-corrected chi connectivity index (χ2v) is 10.0. The molecule has 33 heavy (non-hydrogen) atoms. The zero-order chi connectivity index (χ0) is 22.6. The quantitative estimate of drug-likeness (QED) is 0.410. The van der Waals surface area contributed by atoms with Crippen LogP contribution in [0.2, 0.25) is 0 Å². The van der Waals surface area contributed by atoms with E-state index in [-0.39, 0.29) is 17.3 Å². The highest BCUT2D eigenvalue weighted by atomic mass is 32.2. The van der Waals surface area contributed by atoms with Crippen molar-refractivity contribution in [1.82, 2.24) is 15.3 Å². The molecule has 0 radical (unpaired) electrons. The maximum absolute atomic E-state index is 11.9. The van der Waals surface area contributed by atoms with Crippen LogP contribution in [0.3, 0.4) is 0 Å². The molecule has 1 aromatic heterocycles. The van der Waals surface area contributed by atoms with Crippen molar-refractivity contribution < 1.29 is 9.59 Å². The standard InChI is InChI=1S/C27H27N3O2S/c31-24-16-27(32)33-25(24)15-22-12-13-28-26(30-22)14-18-8-10-21(11-9-18)29-17-20-6-3-5-19-4-1-2-7-23(19)20/h1-7,12-13,15,18,21,29H,8-11,14,16-17H2/b25-15-. The molecule has 1 aliphatic heterocycles. The zero-order valence-electron chi connectivity index (χ0n) is 18.5. The number of allylic oxidation sites excluding steroid dienone is 1. The summed E-state index contributed by atoms with van der Waals surface area (Å²) in [6.45, 7) is 0.899. The first-order valence-corrected chi connectivity index (χ1v) is 12.4. The number of ketones is 1. The number of carbonyl (C=O) groups excluding carboxylic acids is 2. The van der Waals surface area contributed by atoms with Crippen molar-refractivity contribution in [3.8, 4) is 0 Å². The van der Waals surface area contributed by atoms with Crippen molar-refractivity contribution in [2.24, 2.45) is 5.92 Å². The second kappa shape index (κ2) is 9.98. The lowest BCUT2D eigenvalue weighted by Crippen LogP contribution is -2.33. The van der Waals surface area contributed by atoms with Gasteiger partial charge in [0, 0.05) is 25.2 Å². The van der Waals surface area contributed by atoms with Gasteiger partial charge in [0.1, 0.15) is 5.82 Å². The van der Waals surface area contributed by atoms with E-state index in [9.17, 15) is 9.59 Å². The Bertz CT molecular complexity index is 1210. The highest BCUT2D eigenvalue weighted by Crippen LogP contribution is 2.31. The number of aromatic nitrogens is 2. The summed E-state index contributed by atoms with van der Waals surface area (Å²) in [6, 6.07) is 17.4. The van der Waals surface area contributed by atoms with Crippen molar-refractivity contribution in [2.45, 2.75) is 51.1 Å². The van der Waals surface area contributed by atoms with Crippen LogP contribution in [0.25, 0.3) is 16.8 Å².